The third kappa shape index (κ3) is 2.21. The van der Waals surface area contributed by atoms with Crippen LogP contribution in [-0.4, -0.2) is 18.9 Å². The number of ketones is 1. The predicted molar refractivity (Wildman–Crippen MR) is 76.4 cm³/mol. The second-order valence-electron chi connectivity index (χ2n) is 5.21. The van der Waals surface area contributed by atoms with Crippen molar-refractivity contribution in [2.75, 3.05) is 7.11 Å². The summed E-state index contributed by atoms with van der Waals surface area (Å²) in [5.41, 5.74) is 4.54. The van der Waals surface area contributed by atoms with E-state index in [4.69, 9.17) is 4.74 Å². The second kappa shape index (κ2) is 5.48. The molecule has 0 heterocycles. The molecule has 1 aromatic rings. The van der Waals surface area contributed by atoms with E-state index in [9.17, 15) is 9.59 Å². The van der Waals surface area contributed by atoms with Gasteiger partial charge in [-0.3, -0.25) is 9.59 Å². The Kier molecular flexibility index (Phi) is 3.91. The lowest BCUT2D eigenvalue weighted by Crippen LogP contribution is -2.41. The van der Waals surface area contributed by atoms with Gasteiger partial charge < -0.3 is 4.74 Å². The van der Waals surface area contributed by atoms with Crippen LogP contribution in [0, 0.1) is 0 Å². The zero-order valence-electron chi connectivity index (χ0n) is 12.0. The van der Waals surface area contributed by atoms with E-state index in [1.165, 1.54) is 7.11 Å². The van der Waals surface area contributed by atoms with E-state index in [1.807, 2.05) is 38.1 Å². The predicted octanol–water partition coefficient (Wildman–Crippen LogP) is 2.73. The van der Waals surface area contributed by atoms with Crippen LogP contribution < -0.4 is 0 Å². The van der Waals surface area contributed by atoms with Gasteiger partial charge in [0.25, 0.3) is 0 Å². The molecule has 2 rings (SSSR count). The summed E-state index contributed by atoms with van der Waals surface area (Å²) >= 11 is 0. The van der Waals surface area contributed by atoms with E-state index < -0.39 is 11.4 Å². The molecule has 0 amide bonds. The van der Waals surface area contributed by atoms with Gasteiger partial charge in [-0.05, 0) is 36.6 Å². The maximum atomic E-state index is 12.5. The fourth-order valence-electron chi connectivity index (χ4n) is 2.68. The Balaban J connectivity index is 2.56. The zero-order chi connectivity index (χ0) is 14.8. The first kappa shape index (κ1) is 14.3. The second-order valence-corrected chi connectivity index (χ2v) is 5.21. The molecule has 0 aromatic heterocycles. The molecule has 0 saturated carbocycles. The zero-order valence-corrected chi connectivity index (χ0v) is 12.0. The molecule has 0 saturated heterocycles. The molecule has 3 heteroatoms. The Labute approximate surface area is 118 Å². The fraction of sp³-hybridized carbons (Fsp3) is 0.353. The minimum Gasteiger partial charge on any atom is -0.468 e. The molecular weight excluding hydrogens is 252 g/mol. The topological polar surface area (TPSA) is 43.4 Å². The number of fused-ring (bicyclic) bond motifs is 1. The molecule has 20 heavy (non-hydrogen) atoms. The maximum Gasteiger partial charge on any atom is 0.324 e. The van der Waals surface area contributed by atoms with Crippen molar-refractivity contribution in [3.8, 4) is 0 Å². The number of carbonyl (C=O) groups is 2. The summed E-state index contributed by atoms with van der Waals surface area (Å²) in [6.45, 7) is 3.84. The number of hydrogen-bond donors (Lipinski definition) is 0. The SMILES string of the molecule is COC(=O)C1(CC=C=C(C)C)C(=O)Cc2ccccc21. The summed E-state index contributed by atoms with van der Waals surface area (Å²) in [7, 11) is 1.32. The van der Waals surface area contributed by atoms with E-state index in [0.717, 1.165) is 16.7 Å². The number of carbonyl (C=O) groups excluding carboxylic acids is 2. The molecule has 104 valence electrons. The number of esters is 1. The highest BCUT2D eigenvalue weighted by Crippen LogP contribution is 2.40. The summed E-state index contributed by atoms with van der Waals surface area (Å²) in [5, 5.41) is 0. The van der Waals surface area contributed by atoms with Crippen molar-refractivity contribution in [1.82, 2.24) is 0 Å². The van der Waals surface area contributed by atoms with Crippen LogP contribution >= 0.6 is 0 Å². The summed E-state index contributed by atoms with van der Waals surface area (Å²) in [6, 6.07) is 7.46. The van der Waals surface area contributed by atoms with Crippen molar-refractivity contribution in [3.63, 3.8) is 0 Å². The normalized spacial score (nSPS) is 20.1. The van der Waals surface area contributed by atoms with Crippen molar-refractivity contribution in [2.24, 2.45) is 0 Å². The van der Waals surface area contributed by atoms with Gasteiger partial charge in [0.2, 0.25) is 0 Å². The van der Waals surface area contributed by atoms with Crippen molar-refractivity contribution in [2.45, 2.75) is 32.1 Å². The van der Waals surface area contributed by atoms with Gasteiger partial charge in [-0.25, -0.2) is 0 Å². The average Bonchev–Trinajstić information content (AvgIpc) is 2.71. The highest BCUT2D eigenvalue weighted by Gasteiger charge is 2.52. The van der Waals surface area contributed by atoms with E-state index >= 15 is 0 Å². The molecule has 0 fully saturated rings. The Hall–Kier alpha value is -2.12. The summed E-state index contributed by atoms with van der Waals surface area (Å²) < 4.78 is 4.91. The monoisotopic (exact) mass is 270 g/mol. The quantitative estimate of drug-likeness (QED) is 0.482. The van der Waals surface area contributed by atoms with Gasteiger partial charge in [-0.15, -0.1) is 5.73 Å². The molecule has 1 unspecified atom stereocenters. The van der Waals surface area contributed by atoms with Crippen LogP contribution in [0.1, 0.15) is 31.4 Å². The van der Waals surface area contributed by atoms with E-state index in [2.05, 4.69) is 5.73 Å². The lowest BCUT2D eigenvalue weighted by atomic mass is 9.78. The van der Waals surface area contributed by atoms with Crippen molar-refractivity contribution in [3.05, 3.63) is 52.8 Å². The Morgan fingerprint density at radius 1 is 1.40 bits per heavy atom. The van der Waals surface area contributed by atoms with Gasteiger partial charge in [0, 0.05) is 12.8 Å². The first-order valence-corrected chi connectivity index (χ1v) is 6.61. The number of hydrogen-bond acceptors (Lipinski definition) is 3. The number of ether oxygens (including phenoxy) is 1. The molecule has 1 aliphatic carbocycles. The number of Topliss-reactive ketones (excluding diaryl/α,β-unsaturated/α-hetero) is 1. The minimum absolute atomic E-state index is 0.0997. The van der Waals surface area contributed by atoms with Gasteiger partial charge in [0.05, 0.1) is 7.11 Å². The number of rotatable bonds is 3. The van der Waals surface area contributed by atoms with E-state index in [-0.39, 0.29) is 12.2 Å². The summed E-state index contributed by atoms with van der Waals surface area (Å²) in [5.74, 6) is -0.586. The average molecular weight is 270 g/mol. The van der Waals surface area contributed by atoms with Gasteiger partial charge in [0.15, 0.2) is 11.2 Å². The Bertz CT molecular complexity index is 607. The minimum atomic E-state index is -1.20. The van der Waals surface area contributed by atoms with Crippen LogP contribution in [0.5, 0.6) is 0 Å². The van der Waals surface area contributed by atoms with Crippen LogP contribution in [0.4, 0.5) is 0 Å². The molecule has 0 spiro atoms. The van der Waals surface area contributed by atoms with Crippen LogP contribution in [0.15, 0.2) is 41.6 Å². The molecule has 1 atom stereocenters. The fourth-order valence-corrected chi connectivity index (χ4v) is 2.68. The first-order valence-electron chi connectivity index (χ1n) is 6.61. The van der Waals surface area contributed by atoms with E-state index in [1.54, 1.807) is 6.08 Å². The van der Waals surface area contributed by atoms with Gasteiger partial charge >= 0.3 is 5.97 Å². The Morgan fingerprint density at radius 3 is 2.75 bits per heavy atom. The third-order valence-corrected chi connectivity index (χ3v) is 3.64. The molecule has 0 bridgehead atoms. The highest BCUT2D eigenvalue weighted by molar-refractivity contribution is 6.13. The molecule has 0 radical (unpaired) electrons. The molecule has 0 aliphatic heterocycles. The highest BCUT2D eigenvalue weighted by atomic mass is 16.5. The van der Waals surface area contributed by atoms with Crippen LogP contribution in [0.2, 0.25) is 0 Å². The molecule has 1 aliphatic rings. The number of benzene rings is 1. The summed E-state index contributed by atoms with van der Waals surface area (Å²) in [4.78, 5) is 24.8. The van der Waals surface area contributed by atoms with Gasteiger partial charge in [-0.1, -0.05) is 24.3 Å². The van der Waals surface area contributed by atoms with Crippen molar-refractivity contribution < 1.29 is 14.3 Å². The lowest BCUT2D eigenvalue weighted by molar-refractivity contribution is -0.151. The van der Waals surface area contributed by atoms with Crippen molar-refractivity contribution in [1.29, 1.82) is 0 Å². The van der Waals surface area contributed by atoms with Crippen LogP contribution in [0.25, 0.3) is 0 Å². The molecular formula is C17H18O3. The lowest BCUT2D eigenvalue weighted by Gasteiger charge is -2.24. The smallest absolute Gasteiger partial charge is 0.324 e. The van der Waals surface area contributed by atoms with Gasteiger partial charge in [0.1, 0.15) is 0 Å². The van der Waals surface area contributed by atoms with Gasteiger partial charge in [-0.2, -0.15) is 0 Å². The van der Waals surface area contributed by atoms with E-state index in [0.29, 0.717) is 6.42 Å². The largest absolute Gasteiger partial charge is 0.468 e. The molecule has 0 N–H and O–H groups in total. The number of allylic oxidation sites excluding steroid dienone is 1. The standard InChI is InChI=1S/C17H18O3/c1-12(2)7-6-10-17(16(19)20-3)14-9-5-4-8-13(14)11-15(17)18/h4-6,8-9H,10-11H2,1-3H3. The Morgan fingerprint density at radius 2 is 2.10 bits per heavy atom. The van der Waals surface area contributed by atoms with Crippen LogP contribution in [-0.2, 0) is 26.2 Å². The summed E-state index contributed by atoms with van der Waals surface area (Å²) in [6.07, 6.45) is 2.33. The van der Waals surface area contributed by atoms with Crippen LogP contribution in [0.3, 0.4) is 0 Å². The van der Waals surface area contributed by atoms with Crippen molar-refractivity contribution >= 4 is 11.8 Å². The molecule has 1 aromatic carbocycles. The maximum absolute atomic E-state index is 12.5. The third-order valence-electron chi connectivity index (χ3n) is 3.64. The molecule has 3 nitrogen and oxygen atoms in total. The number of methoxy groups -OCH3 is 1. The first-order chi connectivity index (χ1) is 9.52.